The number of esters is 1. The minimum absolute atomic E-state index is 0.127. The standard InChI is InChI=1S/C13H17O2.ClH.Hg/c1-4-10(2)13(15-11(3)14)12-8-6-5-7-9-12;;/h5-10,13H,2,4H2,1,3H3;1H;/q;;+1/p-1. The van der Waals surface area contributed by atoms with Crippen LogP contribution in [0.15, 0.2) is 30.3 Å². The molecule has 0 saturated heterocycles. The molecule has 0 N–H and O–H groups in total. The van der Waals surface area contributed by atoms with E-state index in [0.717, 1.165) is 15.9 Å². The van der Waals surface area contributed by atoms with Gasteiger partial charge in [-0.15, -0.1) is 0 Å². The van der Waals surface area contributed by atoms with E-state index < -0.39 is 23.3 Å². The second kappa shape index (κ2) is 8.09. The van der Waals surface area contributed by atoms with Gasteiger partial charge < -0.3 is 0 Å². The number of hydrogen-bond donors (Lipinski definition) is 0. The number of carbonyl (C=O) groups is 1. The molecule has 2 nitrogen and oxygen atoms in total. The van der Waals surface area contributed by atoms with Gasteiger partial charge in [-0.05, 0) is 0 Å². The van der Waals surface area contributed by atoms with Crippen LogP contribution >= 0.6 is 8.25 Å². The van der Waals surface area contributed by atoms with E-state index in [1.54, 1.807) is 0 Å². The Labute approximate surface area is 119 Å². The molecule has 0 spiro atoms. The predicted octanol–water partition coefficient (Wildman–Crippen LogP) is 3.97. The molecule has 0 heterocycles. The summed E-state index contributed by atoms with van der Waals surface area (Å²) in [6.07, 6.45) is 0.872. The van der Waals surface area contributed by atoms with Crippen LogP contribution < -0.4 is 0 Å². The molecule has 2 unspecified atom stereocenters. The van der Waals surface area contributed by atoms with Crippen LogP contribution in [0.4, 0.5) is 0 Å². The van der Waals surface area contributed by atoms with Crippen molar-refractivity contribution < 1.29 is 32.9 Å². The third-order valence-electron chi connectivity index (χ3n) is 2.85. The Morgan fingerprint density at radius 2 is 2.06 bits per heavy atom. The van der Waals surface area contributed by atoms with Gasteiger partial charge in [-0.2, -0.15) is 0 Å². The second-order valence-corrected chi connectivity index (χ2v) is 11.1. The molecule has 2 atom stereocenters. The van der Waals surface area contributed by atoms with Gasteiger partial charge in [0.15, 0.2) is 0 Å². The van der Waals surface area contributed by atoms with E-state index in [4.69, 9.17) is 13.0 Å². The number of ether oxygens (including phenoxy) is 1. The first kappa shape index (κ1) is 15.0. The first-order valence-electron chi connectivity index (χ1n) is 5.97. The van der Waals surface area contributed by atoms with E-state index in [1.807, 2.05) is 30.3 Å². The van der Waals surface area contributed by atoms with Crippen molar-refractivity contribution >= 4 is 14.2 Å². The average molecular weight is 441 g/mol. The zero-order valence-corrected chi connectivity index (χ0v) is 16.6. The molecule has 0 fully saturated rings. The molecule has 0 saturated carbocycles. The number of hydrogen-bond acceptors (Lipinski definition) is 2. The van der Waals surface area contributed by atoms with Crippen molar-refractivity contribution in [2.45, 2.75) is 30.3 Å². The number of carbonyl (C=O) groups excluding carboxylic acids is 1. The molecular weight excluding hydrogens is 424 g/mol. The van der Waals surface area contributed by atoms with Crippen molar-refractivity contribution in [2.24, 2.45) is 5.92 Å². The first-order valence-corrected chi connectivity index (χ1v) is 16.6. The summed E-state index contributed by atoms with van der Waals surface area (Å²) in [6, 6.07) is 9.95. The summed E-state index contributed by atoms with van der Waals surface area (Å²) in [5.41, 5.74) is 1.08. The summed E-state index contributed by atoms with van der Waals surface area (Å²) in [5, 5.41) is 0. The third kappa shape index (κ3) is 4.96. The maximum atomic E-state index is 11.2. The fourth-order valence-electron chi connectivity index (χ4n) is 1.97. The Balaban J connectivity index is 2.89. The molecule has 0 bridgehead atoms. The molecule has 0 radical (unpaired) electrons. The van der Waals surface area contributed by atoms with Crippen molar-refractivity contribution in [3.63, 3.8) is 0 Å². The maximum absolute atomic E-state index is 11.2. The molecule has 0 aliphatic rings. The van der Waals surface area contributed by atoms with Crippen LogP contribution in [0, 0.1) is 5.92 Å². The van der Waals surface area contributed by atoms with Crippen LogP contribution in [-0.2, 0) is 32.9 Å². The van der Waals surface area contributed by atoms with E-state index in [9.17, 15) is 4.79 Å². The zero-order chi connectivity index (χ0) is 12.7. The van der Waals surface area contributed by atoms with Crippen LogP contribution in [0.3, 0.4) is 0 Å². The quantitative estimate of drug-likeness (QED) is 0.494. The van der Waals surface area contributed by atoms with E-state index in [1.165, 1.54) is 6.92 Å². The van der Waals surface area contributed by atoms with Crippen LogP contribution in [0.1, 0.15) is 31.9 Å². The van der Waals surface area contributed by atoms with Gasteiger partial charge in [0.1, 0.15) is 0 Å². The SMILES string of the molecule is CCC([CH2][Hg][Cl])C(OC(C)=O)c1ccccc1. The van der Waals surface area contributed by atoms with E-state index in [-0.39, 0.29) is 12.1 Å². The molecule has 1 aromatic carbocycles. The van der Waals surface area contributed by atoms with Gasteiger partial charge in [0, 0.05) is 0 Å². The van der Waals surface area contributed by atoms with Gasteiger partial charge in [0.25, 0.3) is 0 Å². The Morgan fingerprint density at radius 1 is 1.41 bits per heavy atom. The average Bonchev–Trinajstić information content (AvgIpc) is 2.34. The molecule has 4 heteroatoms. The van der Waals surface area contributed by atoms with Gasteiger partial charge >= 0.3 is 119 Å². The fourth-order valence-corrected chi connectivity index (χ4v) is 8.28. The van der Waals surface area contributed by atoms with Gasteiger partial charge in [0.2, 0.25) is 0 Å². The topological polar surface area (TPSA) is 26.3 Å². The van der Waals surface area contributed by atoms with Crippen molar-refractivity contribution in [3.8, 4) is 0 Å². The van der Waals surface area contributed by atoms with Crippen molar-refractivity contribution in [1.29, 1.82) is 0 Å². The van der Waals surface area contributed by atoms with Gasteiger partial charge in [0.05, 0.1) is 0 Å². The summed E-state index contributed by atoms with van der Waals surface area (Å²) in [6.45, 7) is 3.60. The van der Waals surface area contributed by atoms with Crippen LogP contribution in [0.2, 0.25) is 3.93 Å². The normalized spacial score (nSPS) is 13.6. The summed E-state index contributed by atoms with van der Waals surface area (Å²) < 4.78 is 6.55. The minimum atomic E-state index is -1.22. The molecule has 90 valence electrons. The molecular formula is C13H17ClHgO2. The van der Waals surface area contributed by atoms with E-state index >= 15 is 0 Å². The fraction of sp³-hybridized carbons (Fsp3) is 0.462. The molecule has 0 aliphatic carbocycles. The van der Waals surface area contributed by atoms with Crippen molar-refractivity contribution in [3.05, 3.63) is 35.9 Å². The molecule has 1 aromatic rings. The van der Waals surface area contributed by atoms with Gasteiger partial charge in [-0.25, -0.2) is 0 Å². The Kier molecular flexibility index (Phi) is 7.13. The van der Waals surface area contributed by atoms with Gasteiger partial charge in [-0.3, -0.25) is 0 Å². The molecule has 0 amide bonds. The summed E-state index contributed by atoms with van der Waals surface area (Å²) in [4.78, 5) is 11.2. The monoisotopic (exact) mass is 442 g/mol. The number of halogens is 1. The summed E-state index contributed by atoms with van der Waals surface area (Å²) >= 11 is -1.22. The van der Waals surface area contributed by atoms with Crippen molar-refractivity contribution in [1.82, 2.24) is 0 Å². The molecule has 0 aromatic heterocycles. The summed E-state index contributed by atoms with van der Waals surface area (Å²) in [7, 11) is 6.02. The van der Waals surface area contributed by atoms with E-state index in [0.29, 0.717) is 5.92 Å². The Morgan fingerprint density at radius 3 is 2.53 bits per heavy atom. The van der Waals surface area contributed by atoms with Crippen LogP contribution in [-0.4, -0.2) is 5.97 Å². The van der Waals surface area contributed by atoms with Gasteiger partial charge in [-0.1, -0.05) is 0 Å². The summed E-state index contributed by atoms with van der Waals surface area (Å²) in [5.74, 6) is 0.156. The Bertz CT molecular complexity index is 343. The van der Waals surface area contributed by atoms with E-state index in [2.05, 4.69) is 6.92 Å². The van der Waals surface area contributed by atoms with Crippen LogP contribution in [0.5, 0.6) is 0 Å². The number of rotatable bonds is 6. The number of benzene rings is 1. The first-order chi connectivity index (χ1) is 8.19. The molecule has 0 aliphatic heterocycles. The predicted molar refractivity (Wildman–Crippen MR) is 65.4 cm³/mol. The molecule has 1 rings (SSSR count). The third-order valence-corrected chi connectivity index (χ3v) is 8.50. The molecule has 17 heavy (non-hydrogen) atoms. The zero-order valence-electron chi connectivity index (χ0n) is 10.4. The van der Waals surface area contributed by atoms with Crippen molar-refractivity contribution in [2.75, 3.05) is 0 Å². The van der Waals surface area contributed by atoms with Crippen LogP contribution in [0.25, 0.3) is 0 Å². The second-order valence-electron chi connectivity index (χ2n) is 4.09. The Hall–Kier alpha value is -0.0849.